The molecular formula is C13H27NO2S. The Morgan fingerprint density at radius 3 is 2.88 bits per heavy atom. The molecule has 17 heavy (non-hydrogen) atoms. The molecule has 1 fully saturated rings. The summed E-state index contributed by atoms with van der Waals surface area (Å²) >= 11 is 0. The van der Waals surface area contributed by atoms with Crippen molar-refractivity contribution in [1.82, 2.24) is 5.32 Å². The maximum absolute atomic E-state index is 12.3. The van der Waals surface area contributed by atoms with Crippen LogP contribution >= 0.6 is 0 Å². The molecule has 0 aromatic rings. The molecule has 3 atom stereocenters. The minimum Gasteiger partial charge on any atom is -0.380 e. The highest BCUT2D eigenvalue weighted by atomic mass is 32.2. The highest BCUT2D eigenvalue weighted by molar-refractivity contribution is 7.85. The maximum atomic E-state index is 12.3. The Balaban J connectivity index is 2.42. The van der Waals surface area contributed by atoms with Crippen LogP contribution in [-0.4, -0.2) is 41.0 Å². The Hall–Kier alpha value is 0.0700. The normalized spacial score (nSPS) is 27.3. The van der Waals surface area contributed by atoms with E-state index in [0.717, 1.165) is 38.2 Å². The van der Waals surface area contributed by atoms with Gasteiger partial charge in [0.1, 0.15) is 0 Å². The number of nitrogens with one attached hydrogen (secondary N) is 1. The van der Waals surface area contributed by atoms with Gasteiger partial charge in [0.15, 0.2) is 0 Å². The molecular weight excluding hydrogens is 234 g/mol. The number of rotatable bonds is 7. The van der Waals surface area contributed by atoms with E-state index in [0.29, 0.717) is 18.6 Å². The van der Waals surface area contributed by atoms with Crippen LogP contribution in [0.25, 0.3) is 0 Å². The molecule has 1 aliphatic rings. The minimum absolute atomic E-state index is 0.189. The predicted octanol–water partition coefficient (Wildman–Crippen LogP) is 1.94. The molecule has 0 bridgehead atoms. The summed E-state index contributed by atoms with van der Waals surface area (Å²) < 4.78 is 17.8. The van der Waals surface area contributed by atoms with Crippen LogP contribution in [0.4, 0.5) is 0 Å². The van der Waals surface area contributed by atoms with Gasteiger partial charge in [-0.25, -0.2) is 0 Å². The van der Waals surface area contributed by atoms with E-state index >= 15 is 0 Å². The zero-order valence-electron chi connectivity index (χ0n) is 11.4. The third-order valence-corrected chi connectivity index (χ3v) is 4.97. The first-order valence-electron chi connectivity index (χ1n) is 6.83. The second-order valence-electron chi connectivity index (χ2n) is 5.23. The van der Waals surface area contributed by atoms with E-state index in [4.69, 9.17) is 4.74 Å². The second kappa shape index (κ2) is 8.22. The van der Waals surface area contributed by atoms with Gasteiger partial charge in [0, 0.05) is 29.2 Å². The van der Waals surface area contributed by atoms with Gasteiger partial charge in [0.25, 0.3) is 0 Å². The summed E-state index contributed by atoms with van der Waals surface area (Å²) in [6, 6.07) is 0.386. The molecule has 3 nitrogen and oxygen atoms in total. The third-order valence-electron chi connectivity index (χ3n) is 3.19. The molecule has 0 saturated carbocycles. The predicted molar refractivity (Wildman–Crippen MR) is 73.8 cm³/mol. The van der Waals surface area contributed by atoms with Crippen LogP contribution in [0.15, 0.2) is 0 Å². The van der Waals surface area contributed by atoms with Crippen molar-refractivity contribution in [3.05, 3.63) is 0 Å². The topological polar surface area (TPSA) is 38.3 Å². The fourth-order valence-electron chi connectivity index (χ4n) is 2.04. The summed E-state index contributed by atoms with van der Waals surface area (Å²) in [5.41, 5.74) is 0. The second-order valence-corrected chi connectivity index (χ2v) is 7.01. The first kappa shape index (κ1) is 15.1. The zero-order valence-corrected chi connectivity index (χ0v) is 12.2. The molecule has 0 aliphatic carbocycles. The summed E-state index contributed by atoms with van der Waals surface area (Å²) in [5, 5.41) is 3.71. The molecule has 1 heterocycles. The number of ether oxygens (including phenoxy) is 1. The number of hydrogen-bond donors (Lipinski definition) is 1. The van der Waals surface area contributed by atoms with E-state index in [1.807, 2.05) is 0 Å². The molecule has 0 spiro atoms. The average Bonchev–Trinajstić information content (AvgIpc) is 2.33. The van der Waals surface area contributed by atoms with E-state index in [1.165, 1.54) is 0 Å². The Labute approximate surface area is 108 Å². The Kier molecular flexibility index (Phi) is 7.32. The lowest BCUT2D eigenvalue weighted by Crippen LogP contribution is -2.49. The summed E-state index contributed by atoms with van der Waals surface area (Å²) in [6.45, 7) is 9.01. The van der Waals surface area contributed by atoms with Gasteiger partial charge in [-0.2, -0.15) is 0 Å². The molecule has 3 unspecified atom stereocenters. The fourth-order valence-corrected chi connectivity index (χ4v) is 3.89. The monoisotopic (exact) mass is 261 g/mol. The Bertz CT molecular complexity index is 233. The summed E-state index contributed by atoms with van der Waals surface area (Å²) in [7, 11) is -0.748. The van der Waals surface area contributed by atoms with Crippen LogP contribution in [0.5, 0.6) is 0 Å². The van der Waals surface area contributed by atoms with Gasteiger partial charge in [0.2, 0.25) is 0 Å². The van der Waals surface area contributed by atoms with Gasteiger partial charge in [-0.3, -0.25) is 4.21 Å². The first-order chi connectivity index (χ1) is 8.15. The van der Waals surface area contributed by atoms with Crippen LogP contribution in [0.2, 0.25) is 0 Å². The summed E-state index contributed by atoms with van der Waals surface area (Å²) in [5.74, 6) is 1.45. The maximum Gasteiger partial charge on any atom is 0.0735 e. The molecule has 0 aromatic heterocycles. The highest BCUT2D eigenvalue weighted by Gasteiger charge is 2.29. The van der Waals surface area contributed by atoms with Crippen molar-refractivity contribution in [2.24, 2.45) is 5.92 Å². The minimum atomic E-state index is -0.748. The zero-order chi connectivity index (χ0) is 12.7. The van der Waals surface area contributed by atoms with E-state index in [-0.39, 0.29) is 5.25 Å². The highest BCUT2D eigenvalue weighted by Crippen LogP contribution is 2.15. The third kappa shape index (κ3) is 5.49. The van der Waals surface area contributed by atoms with Crippen molar-refractivity contribution in [2.45, 2.75) is 51.3 Å². The first-order valence-corrected chi connectivity index (χ1v) is 8.21. The summed E-state index contributed by atoms with van der Waals surface area (Å²) in [6.07, 6.45) is 3.17. The van der Waals surface area contributed by atoms with Crippen LogP contribution in [0.1, 0.15) is 40.0 Å². The Morgan fingerprint density at radius 2 is 2.24 bits per heavy atom. The molecule has 1 rings (SSSR count). The van der Waals surface area contributed by atoms with Gasteiger partial charge in [-0.05, 0) is 31.7 Å². The SMILES string of the molecule is CCCNC1CCOCC1S(=O)CCC(C)C. The van der Waals surface area contributed by atoms with E-state index in [1.54, 1.807) is 0 Å². The molecule has 1 aliphatic heterocycles. The van der Waals surface area contributed by atoms with Crippen molar-refractivity contribution in [3.63, 3.8) is 0 Å². The lowest BCUT2D eigenvalue weighted by Gasteiger charge is -2.31. The smallest absolute Gasteiger partial charge is 0.0735 e. The van der Waals surface area contributed by atoms with Gasteiger partial charge >= 0.3 is 0 Å². The van der Waals surface area contributed by atoms with E-state index < -0.39 is 10.8 Å². The van der Waals surface area contributed by atoms with Crippen molar-refractivity contribution in [3.8, 4) is 0 Å². The van der Waals surface area contributed by atoms with Crippen LogP contribution < -0.4 is 5.32 Å². The standard InChI is InChI=1S/C13H27NO2S/c1-4-7-14-12-5-8-16-10-13(12)17(15)9-6-11(2)3/h11-14H,4-10H2,1-3H3. The molecule has 0 radical (unpaired) electrons. The van der Waals surface area contributed by atoms with Crippen molar-refractivity contribution >= 4 is 10.8 Å². The van der Waals surface area contributed by atoms with Gasteiger partial charge in [-0.15, -0.1) is 0 Å². The quantitative estimate of drug-likeness (QED) is 0.761. The fraction of sp³-hybridized carbons (Fsp3) is 1.00. The van der Waals surface area contributed by atoms with Crippen molar-refractivity contribution in [2.75, 3.05) is 25.5 Å². The van der Waals surface area contributed by atoms with Gasteiger partial charge in [-0.1, -0.05) is 20.8 Å². The summed E-state index contributed by atoms with van der Waals surface area (Å²) in [4.78, 5) is 0. The van der Waals surface area contributed by atoms with E-state index in [2.05, 4.69) is 26.1 Å². The van der Waals surface area contributed by atoms with Gasteiger partial charge < -0.3 is 10.1 Å². The Morgan fingerprint density at radius 1 is 1.47 bits per heavy atom. The van der Waals surface area contributed by atoms with E-state index in [9.17, 15) is 4.21 Å². The largest absolute Gasteiger partial charge is 0.380 e. The van der Waals surface area contributed by atoms with Crippen molar-refractivity contribution in [1.29, 1.82) is 0 Å². The lowest BCUT2D eigenvalue weighted by molar-refractivity contribution is 0.0820. The van der Waals surface area contributed by atoms with Crippen LogP contribution in [0, 0.1) is 5.92 Å². The molecule has 4 heteroatoms. The lowest BCUT2D eigenvalue weighted by atomic mass is 10.1. The number of hydrogen-bond acceptors (Lipinski definition) is 3. The van der Waals surface area contributed by atoms with Crippen molar-refractivity contribution < 1.29 is 8.95 Å². The molecule has 1 saturated heterocycles. The van der Waals surface area contributed by atoms with Crippen LogP contribution in [-0.2, 0) is 15.5 Å². The van der Waals surface area contributed by atoms with Gasteiger partial charge in [0.05, 0.1) is 11.9 Å². The molecule has 0 amide bonds. The average molecular weight is 261 g/mol. The molecule has 0 aromatic carbocycles. The van der Waals surface area contributed by atoms with Crippen LogP contribution in [0.3, 0.4) is 0 Å². The molecule has 102 valence electrons. The molecule has 1 N–H and O–H groups in total.